The monoisotopic (exact) mass is 230 g/mol. The Morgan fingerprint density at radius 1 is 0.647 bits per heavy atom. The predicted octanol–water partition coefficient (Wildman–Crippen LogP) is 3.39. The van der Waals surface area contributed by atoms with Gasteiger partial charge in [0, 0.05) is 11.8 Å². The fraction of sp³-hybridized carbons (Fsp3) is 0.750. The Balaban J connectivity index is 1.69. The number of rotatable bonds is 2. The Bertz CT molecular complexity index is 271. The third kappa shape index (κ3) is 3.52. The third-order valence-electron chi connectivity index (χ3n) is 4.20. The smallest absolute Gasteiger partial charge is 0.0579 e. The van der Waals surface area contributed by atoms with Gasteiger partial charge in [0.1, 0.15) is 0 Å². The minimum atomic E-state index is 0.451. The van der Waals surface area contributed by atoms with Gasteiger partial charge in [-0.2, -0.15) is 0 Å². The molecule has 0 heterocycles. The summed E-state index contributed by atoms with van der Waals surface area (Å²) in [5, 5.41) is 0. The van der Waals surface area contributed by atoms with E-state index in [2.05, 4.69) is 11.8 Å². The minimum Gasteiger partial charge on any atom is -0.375 e. The fourth-order valence-electron chi connectivity index (χ4n) is 3.00. The zero-order chi connectivity index (χ0) is 12.1. The Kier molecular flexibility index (Phi) is 4.52. The first-order chi connectivity index (χ1) is 8.31. The van der Waals surface area contributed by atoms with Gasteiger partial charge in [-0.1, -0.05) is 0 Å². The molecule has 0 aromatic rings. The average Bonchev–Trinajstić information content (AvgIpc) is 2.40. The first kappa shape index (κ1) is 12.5. The summed E-state index contributed by atoms with van der Waals surface area (Å²) in [4.78, 5) is 0. The Labute approximate surface area is 105 Å². The zero-order valence-electron chi connectivity index (χ0n) is 10.5. The Morgan fingerprint density at radius 2 is 1.00 bits per heavy atom. The van der Waals surface area contributed by atoms with Crippen molar-refractivity contribution in [2.75, 3.05) is 0 Å². The van der Waals surface area contributed by atoms with Crippen LogP contribution in [0.15, 0.2) is 0 Å². The van der Waals surface area contributed by atoms with E-state index >= 15 is 0 Å². The number of ether oxygens (including phenoxy) is 1. The summed E-state index contributed by atoms with van der Waals surface area (Å²) < 4.78 is 6.18. The molecule has 2 saturated carbocycles. The summed E-state index contributed by atoms with van der Waals surface area (Å²) in [6.45, 7) is 0. The fourth-order valence-corrected chi connectivity index (χ4v) is 3.00. The van der Waals surface area contributed by atoms with Crippen LogP contribution in [0, 0.1) is 36.5 Å². The van der Waals surface area contributed by atoms with Crippen molar-refractivity contribution in [3.63, 3.8) is 0 Å². The SMILES string of the molecule is C#CC1CCC(OC2CCC(C#C)CC2)CC1. The molecular formula is C16H22O. The summed E-state index contributed by atoms with van der Waals surface area (Å²) >= 11 is 0. The normalized spacial score (nSPS) is 38.0. The van der Waals surface area contributed by atoms with Crippen molar-refractivity contribution in [1.82, 2.24) is 0 Å². The molecule has 0 saturated heterocycles. The molecule has 2 fully saturated rings. The van der Waals surface area contributed by atoms with Crippen molar-refractivity contribution in [1.29, 1.82) is 0 Å². The maximum Gasteiger partial charge on any atom is 0.0579 e. The molecule has 0 radical (unpaired) electrons. The molecule has 0 bridgehead atoms. The molecule has 0 spiro atoms. The van der Waals surface area contributed by atoms with Crippen LogP contribution in [0.1, 0.15) is 51.4 Å². The molecule has 0 aromatic carbocycles. The van der Waals surface area contributed by atoms with E-state index in [-0.39, 0.29) is 0 Å². The van der Waals surface area contributed by atoms with Gasteiger partial charge in [-0.25, -0.2) is 0 Å². The lowest BCUT2D eigenvalue weighted by molar-refractivity contribution is -0.0512. The van der Waals surface area contributed by atoms with E-state index in [4.69, 9.17) is 17.6 Å². The molecule has 17 heavy (non-hydrogen) atoms. The number of hydrogen-bond acceptors (Lipinski definition) is 1. The third-order valence-corrected chi connectivity index (χ3v) is 4.20. The molecular weight excluding hydrogens is 208 g/mol. The van der Waals surface area contributed by atoms with Gasteiger partial charge in [-0.3, -0.25) is 0 Å². The van der Waals surface area contributed by atoms with E-state index in [0.29, 0.717) is 24.0 Å². The highest BCUT2D eigenvalue weighted by molar-refractivity contribution is 4.97. The van der Waals surface area contributed by atoms with Crippen LogP contribution in [0.4, 0.5) is 0 Å². The molecule has 1 heteroatoms. The lowest BCUT2D eigenvalue weighted by Gasteiger charge is -2.32. The number of terminal acetylenes is 2. The first-order valence-corrected chi connectivity index (χ1v) is 6.89. The highest BCUT2D eigenvalue weighted by Crippen LogP contribution is 2.31. The van der Waals surface area contributed by atoms with E-state index in [9.17, 15) is 0 Å². The van der Waals surface area contributed by atoms with Crippen LogP contribution in [-0.4, -0.2) is 12.2 Å². The summed E-state index contributed by atoms with van der Waals surface area (Å²) in [6.07, 6.45) is 20.9. The minimum absolute atomic E-state index is 0.451. The Morgan fingerprint density at radius 3 is 1.29 bits per heavy atom. The highest BCUT2D eigenvalue weighted by atomic mass is 16.5. The quantitative estimate of drug-likeness (QED) is 0.661. The van der Waals surface area contributed by atoms with Crippen LogP contribution < -0.4 is 0 Å². The molecule has 92 valence electrons. The van der Waals surface area contributed by atoms with Gasteiger partial charge in [0.25, 0.3) is 0 Å². The lowest BCUT2D eigenvalue weighted by Crippen LogP contribution is -2.29. The molecule has 1 nitrogen and oxygen atoms in total. The van der Waals surface area contributed by atoms with Crippen molar-refractivity contribution >= 4 is 0 Å². The van der Waals surface area contributed by atoms with Crippen LogP contribution in [0.2, 0.25) is 0 Å². The van der Waals surface area contributed by atoms with Crippen molar-refractivity contribution in [2.45, 2.75) is 63.6 Å². The maximum atomic E-state index is 6.18. The second kappa shape index (κ2) is 6.13. The van der Waals surface area contributed by atoms with Gasteiger partial charge in [-0.05, 0) is 51.4 Å². The maximum absolute atomic E-state index is 6.18. The van der Waals surface area contributed by atoms with Gasteiger partial charge >= 0.3 is 0 Å². The van der Waals surface area contributed by atoms with E-state index in [1.807, 2.05) is 0 Å². The van der Waals surface area contributed by atoms with Crippen LogP contribution in [0.25, 0.3) is 0 Å². The summed E-state index contributed by atoms with van der Waals surface area (Å²) in [7, 11) is 0. The van der Waals surface area contributed by atoms with Gasteiger partial charge in [-0.15, -0.1) is 24.7 Å². The Hall–Kier alpha value is -0.920. The zero-order valence-corrected chi connectivity index (χ0v) is 10.5. The average molecular weight is 230 g/mol. The highest BCUT2D eigenvalue weighted by Gasteiger charge is 2.26. The van der Waals surface area contributed by atoms with Crippen LogP contribution in [0.5, 0.6) is 0 Å². The van der Waals surface area contributed by atoms with Gasteiger partial charge < -0.3 is 4.74 Å². The number of hydrogen-bond donors (Lipinski definition) is 0. The molecule has 0 aliphatic heterocycles. The molecule has 2 aliphatic carbocycles. The van der Waals surface area contributed by atoms with Crippen molar-refractivity contribution < 1.29 is 4.74 Å². The molecule has 0 unspecified atom stereocenters. The predicted molar refractivity (Wildman–Crippen MR) is 70.2 cm³/mol. The standard InChI is InChI=1S/C16H22O/c1-3-13-5-9-15(10-6-13)17-16-11-7-14(4-2)8-12-16/h1-2,13-16H,5-12H2. The van der Waals surface area contributed by atoms with E-state index < -0.39 is 0 Å². The molecule has 2 rings (SSSR count). The largest absolute Gasteiger partial charge is 0.375 e. The van der Waals surface area contributed by atoms with Crippen LogP contribution in [0.3, 0.4) is 0 Å². The molecule has 0 N–H and O–H groups in total. The molecule has 0 amide bonds. The van der Waals surface area contributed by atoms with E-state index in [1.54, 1.807) is 0 Å². The van der Waals surface area contributed by atoms with Crippen molar-refractivity contribution in [3.8, 4) is 24.7 Å². The second-order valence-corrected chi connectivity index (χ2v) is 5.42. The summed E-state index contributed by atoms with van der Waals surface area (Å²) in [6, 6.07) is 0. The summed E-state index contributed by atoms with van der Waals surface area (Å²) in [5.74, 6) is 6.71. The van der Waals surface area contributed by atoms with Crippen molar-refractivity contribution in [3.05, 3.63) is 0 Å². The van der Waals surface area contributed by atoms with E-state index in [1.165, 1.54) is 0 Å². The van der Waals surface area contributed by atoms with Gasteiger partial charge in [0.05, 0.1) is 12.2 Å². The van der Waals surface area contributed by atoms with Crippen LogP contribution >= 0.6 is 0 Å². The molecule has 0 aromatic heterocycles. The first-order valence-electron chi connectivity index (χ1n) is 6.89. The molecule has 0 atom stereocenters. The molecule has 2 aliphatic rings. The summed E-state index contributed by atoms with van der Waals surface area (Å²) in [5.41, 5.74) is 0. The van der Waals surface area contributed by atoms with E-state index in [0.717, 1.165) is 51.4 Å². The topological polar surface area (TPSA) is 9.23 Å². The van der Waals surface area contributed by atoms with Gasteiger partial charge in [0.15, 0.2) is 0 Å². The van der Waals surface area contributed by atoms with Gasteiger partial charge in [0.2, 0.25) is 0 Å². The lowest BCUT2D eigenvalue weighted by atomic mass is 9.86. The second-order valence-electron chi connectivity index (χ2n) is 5.42. The van der Waals surface area contributed by atoms with Crippen LogP contribution in [-0.2, 0) is 4.74 Å². The van der Waals surface area contributed by atoms with Crippen molar-refractivity contribution in [2.24, 2.45) is 11.8 Å².